The Morgan fingerprint density at radius 1 is 1.33 bits per heavy atom. The molecular formula is C22H32N4O4. The van der Waals surface area contributed by atoms with Crippen LogP contribution in [-0.2, 0) is 20.7 Å². The van der Waals surface area contributed by atoms with Gasteiger partial charge < -0.3 is 15.4 Å². The molecule has 1 saturated carbocycles. The Kier molecular flexibility index (Phi) is 6.95. The van der Waals surface area contributed by atoms with E-state index in [9.17, 15) is 14.4 Å². The van der Waals surface area contributed by atoms with Gasteiger partial charge in [-0.15, -0.1) is 0 Å². The highest BCUT2D eigenvalue weighted by Crippen LogP contribution is 2.34. The second-order valence-electron chi connectivity index (χ2n) is 8.34. The van der Waals surface area contributed by atoms with Crippen molar-refractivity contribution in [2.75, 3.05) is 19.4 Å². The van der Waals surface area contributed by atoms with Crippen molar-refractivity contribution in [3.63, 3.8) is 0 Å². The number of carbonyl (C=O) groups is 3. The van der Waals surface area contributed by atoms with Crippen molar-refractivity contribution >= 4 is 23.7 Å². The summed E-state index contributed by atoms with van der Waals surface area (Å²) in [6.45, 7) is 3.92. The number of nitrogen functional groups attached to an aromatic ring is 1. The average Bonchev–Trinajstić information content (AvgIpc) is 2.74. The zero-order chi connectivity index (χ0) is 21.8. The Morgan fingerprint density at radius 3 is 2.67 bits per heavy atom. The largest absolute Gasteiger partial charge is 0.464 e. The van der Waals surface area contributed by atoms with Gasteiger partial charge in [-0.2, -0.15) is 0 Å². The highest BCUT2D eigenvalue weighted by Gasteiger charge is 2.56. The minimum absolute atomic E-state index is 0.00694. The van der Waals surface area contributed by atoms with E-state index in [1.165, 1.54) is 19.3 Å². The summed E-state index contributed by atoms with van der Waals surface area (Å²) in [5.41, 5.74) is 6.53. The molecule has 8 nitrogen and oxygen atoms in total. The van der Waals surface area contributed by atoms with Gasteiger partial charge in [0.05, 0.1) is 12.5 Å². The van der Waals surface area contributed by atoms with Crippen molar-refractivity contribution < 1.29 is 19.1 Å². The quantitative estimate of drug-likeness (QED) is 0.564. The number of esters is 1. The maximum absolute atomic E-state index is 13.2. The number of aromatic nitrogens is 1. The molecule has 0 aromatic carbocycles. The zero-order valence-electron chi connectivity index (χ0n) is 18.0. The highest BCUT2D eigenvalue weighted by atomic mass is 16.5. The molecule has 1 aliphatic heterocycles. The smallest absolute Gasteiger partial charge is 0.330 e. The fourth-order valence-corrected chi connectivity index (χ4v) is 4.61. The van der Waals surface area contributed by atoms with E-state index in [1.807, 2.05) is 6.92 Å². The van der Waals surface area contributed by atoms with Gasteiger partial charge in [0.15, 0.2) is 6.04 Å². The summed E-state index contributed by atoms with van der Waals surface area (Å²) in [6, 6.07) is 2.10. The monoisotopic (exact) mass is 416 g/mol. The van der Waals surface area contributed by atoms with Crippen molar-refractivity contribution in [2.45, 2.75) is 64.5 Å². The van der Waals surface area contributed by atoms with Crippen LogP contribution in [0.25, 0.3) is 0 Å². The number of ether oxygens (including phenoxy) is 1. The highest BCUT2D eigenvalue weighted by molar-refractivity contribution is 6.08. The van der Waals surface area contributed by atoms with Gasteiger partial charge in [-0.3, -0.25) is 4.79 Å². The van der Waals surface area contributed by atoms with Crippen molar-refractivity contribution in [3.8, 4) is 0 Å². The van der Waals surface area contributed by atoms with Crippen LogP contribution >= 0.6 is 0 Å². The molecule has 30 heavy (non-hydrogen) atoms. The number of nitrogens with two attached hydrogens (primary N) is 1. The summed E-state index contributed by atoms with van der Waals surface area (Å²) in [4.78, 5) is 45.4. The standard InChI is InChI=1S/C22H32N4O4/c1-4-30-21(28)19-17(12-15-10-11-24-18(23)13-15)20(27)26(19)22(29)25(3)14(2)16-8-6-5-7-9-16/h10-11,13-14,16-17,19H,4-9,12H2,1-3H3,(H2,23,24)/t14-,17-,19+/m1/s1. The van der Waals surface area contributed by atoms with Crippen LogP contribution in [0.1, 0.15) is 51.5 Å². The number of hydrogen-bond donors (Lipinski definition) is 1. The molecule has 2 heterocycles. The summed E-state index contributed by atoms with van der Waals surface area (Å²) >= 11 is 0. The number of β-lactam (4-membered cyclic amide) rings is 1. The van der Waals surface area contributed by atoms with Crippen LogP contribution in [0.15, 0.2) is 18.3 Å². The fourth-order valence-electron chi connectivity index (χ4n) is 4.61. The van der Waals surface area contributed by atoms with Crippen molar-refractivity contribution in [1.82, 2.24) is 14.8 Å². The van der Waals surface area contributed by atoms with Crippen LogP contribution in [-0.4, -0.2) is 58.4 Å². The number of amides is 3. The predicted molar refractivity (Wildman–Crippen MR) is 112 cm³/mol. The molecule has 3 rings (SSSR count). The van der Waals surface area contributed by atoms with Gasteiger partial charge in [-0.05, 0) is 56.7 Å². The van der Waals surface area contributed by atoms with Gasteiger partial charge in [-0.25, -0.2) is 19.5 Å². The summed E-state index contributed by atoms with van der Waals surface area (Å²) < 4.78 is 5.18. The van der Waals surface area contributed by atoms with E-state index in [0.717, 1.165) is 23.3 Å². The minimum Gasteiger partial charge on any atom is -0.464 e. The number of rotatable bonds is 6. The molecule has 0 unspecified atom stereocenters. The third-order valence-corrected chi connectivity index (χ3v) is 6.49. The Bertz CT molecular complexity index is 793. The molecule has 2 N–H and O–H groups in total. The van der Waals surface area contributed by atoms with Gasteiger partial charge in [0, 0.05) is 19.3 Å². The molecule has 8 heteroatoms. The molecule has 1 aromatic rings. The second kappa shape index (κ2) is 9.45. The number of nitrogens with zero attached hydrogens (tertiary/aromatic N) is 3. The molecule has 3 atom stereocenters. The van der Waals surface area contributed by atoms with Crippen LogP contribution in [0.2, 0.25) is 0 Å². The van der Waals surface area contributed by atoms with E-state index in [2.05, 4.69) is 4.98 Å². The number of urea groups is 1. The van der Waals surface area contributed by atoms with E-state index in [4.69, 9.17) is 10.5 Å². The first-order valence-corrected chi connectivity index (χ1v) is 10.8. The maximum atomic E-state index is 13.2. The molecule has 0 spiro atoms. The van der Waals surface area contributed by atoms with Crippen LogP contribution in [0.3, 0.4) is 0 Å². The molecule has 2 fully saturated rings. The zero-order valence-corrected chi connectivity index (χ0v) is 18.0. The fraction of sp³-hybridized carbons (Fsp3) is 0.636. The van der Waals surface area contributed by atoms with Gasteiger partial charge in [-0.1, -0.05) is 19.3 Å². The molecule has 1 aliphatic carbocycles. The first-order valence-electron chi connectivity index (χ1n) is 10.8. The van der Waals surface area contributed by atoms with Crippen LogP contribution < -0.4 is 5.73 Å². The van der Waals surface area contributed by atoms with E-state index >= 15 is 0 Å². The van der Waals surface area contributed by atoms with E-state index in [1.54, 1.807) is 37.2 Å². The van der Waals surface area contributed by atoms with Crippen molar-refractivity contribution in [2.24, 2.45) is 11.8 Å². The van der Waals surface area contributed by atoms with E-state index < -0.39 is 24.0 Å². The number of carbonyl (C=O) groups excluding carboxylic acids is 3. The van der Waals surface area contributed by atoms with Crippen LogP contribution in [0, 0.1) is 11.8 Å². The van der Waals surface area contributed by atoms with E-state index in [-0.39, 0.29) is 18.6 Å². The Morgan fingerprint density at radius 2 is 2.03 bits per heavy atom. The first-order chi connectivity index (χ1) is 14.3. The lowest BCUT2D eigenvalue weighted by molar-refractivity contribution is -0.170. The Labute approximate surface area is 177 Å². The third kappa shape index (κ3) is 4.42. The lowest BCUT2D eigenvalue weighted by Crippen LogP contribution is -2.69. The summed E-state index contributed by atoms with van der Waals surface area (Å²) in [6.07, 6.45) is 7.61. The van der Waals surface area contributed by atoms with Gasteiger partial charge in [0.25, 0.3) is 0 Å². The molecule has 1 saturated heterocycles. The van der Waals surface area contributed by atoms with Gasteiger partial charge >= 0.3 is 12.0 Å². The van der Waals surface area contributed by atoms with E-state index in [0.29, 0.717) is 18.2 Å². The molecule has 0 radical (unpaired) electrons. The maximum Gasteiger partial charge on any atom is 0.330 e. The normalized spacial score (nSPS) is 22.9. The molecule has 1 aromatic heterocycles. The van der Waals surface area contributed by atoms with Crippen molar-refractivity contribution in [1.29, 1.82) is 0 Å². The topological polar surface area (TPSA) is 106 Å². The van der Waals surface area contributed by atoms with Crippen LogP contribution in [0.4, 0.5) is 10.6 Å². The van der Waals surface area contributed by atoms with Crippen molar-refractivity contribution in [3.05, 3.63) is 23.9 Å². The molecule has 2 aliphatic rings. The SMILES string of the molecule is CCOC(=O)[C@@H]1[C@@H](Cc2ccnc(N)c2)C(=O)N1C(=O)N(C)[C@H](C)C1CCCCC1. The van der Waals surface area contributed by atoms with Gasteiger partial charge in [0.1, 0.15) is 5.82 Å². The summed E-state index contributed by atoms with van der Waals surface area (Å²) in [5, 5.41) is 0. The number of imide groups is 1. The van der Waals surface area contributed by atoms with Crippen LogP contribution in [0.5, 0.6) is 0 Å². The molecule has 0 bridgehead atoms. The molecule has 164 valence electrons. The number of pyridine rings is 1. The summed E-state index contributed by atoms with van der Waals surface area (Å²) in [7, 11) is 1.72. The average molecular weight is 417 g/mol. The molecular weight excluding hydrogens is 384 g/mol. The summed E-state index contributed by atoms with van der Waals surface area (Å²) in [5.74, 6) is -0.776. The Balaban J connectivity index is 1.75. The third-order valence-electron chi connectivity index (χ3n) is 6.49. The van der Waals surface area contributed by atoms with Gasteiger partial charge in [0.2, 0.25) is 5.91 Å². The second-order valence-corrected chi connectivity index (χ2v) is 8.34. The number of hydrogen-bond acceptors (Lipinski definition) is 6. The number of likely N-dealkylation sites (tertiary alicyclic amines) is 1. The number of anilines is 1. The lowest BCUT2D eigenvalue weighted by Gasteiger charge is -2.46. The molecule has 3 amide bonds. The predicted octanol–water partition coefficient (Wildman–Crippen LogP) is 2.62. The Hall–Kier alpha value is -2.64. The minimum atomic E-state index is -0.916. The first kappa shape index (κ1) is 22.1. The lowest BCUT2D eigenvalue weighted by atomic mass is 9.82.